The van der Waals surface area contributed by atoms with Gasteiger partial charge >= 0.3 is 5.97 Å². The normalized spacial score (nSPS) is 21.7. The van der Waals surface area contributed by atoms with Crippen molar-refractivity contribution in [2.24, 2.45) is 5.92 Å². The maximum Gasteiger partial charge on any atom is 0.335 e. The van der Waals surface area contributed by atoms with Crippen molar-refractivity contribution in [3.63, 3.8) is 0 Å². The van der Waals surface area contributed by atoms with E-state index in [0.717, 1.165) is 19.3 Å². The zero-order valence-electron chi connectivity index (χ0n) is 12.4. The van der Waals surface area contributed by atoms with Crippen molar-refractivity contribution in [2.75, 3.05) is 19.8 Å². The standard InChI is InChI=1S/C15H18ClNO5S/c16-12-5-11(15(18)19)6-14(7-12)23(20,21)17(13-1-2-13)8-10-3-4-22-9-10/h5-7,10,13H,1-4,8-9H2,(H,18,19). The van der Waals surface area contributed by atoms with E-state index in [1.165, 1.54) is 22.5 Å². The van der Waals surface area contributed by atoms with Gasteiger partial charge in [0.1, 0.15) is 0 Å². The minimum atomic E-state index is -3.77. The molecule has 0 bridgehead atoms. The van der Waals surface area contributed by atoms with Gasteiger partial charge < -0.3 is 9.84 Å². The monoisotopic (exact) mass is 359 g/mol. The molecule has 1 aromatic carbocycles. The van der Waals surface area contributed by atoms with E-state index in [1.54, 1.807) is 0 Å². The first-order chi connectivity index (χ1) is 10.9. The molecule has 0 amide bonds. The molecular formula is C15H18ClNO5S. The Hall–Kier alpha value is -1.15. The maximum atomic E-state index is 13.0. The summed E-state index contributed by atoms with van der Waals surface area (Å²) in [6.45, 7) is 1.63. The molecular weight excluding hydrogens is 342 g/mol. The van der Waals surface area contributed by atoms with Crippen LogP contribution in [-0.2, 0) is 14.8 Å². The van der Waals surface area contributed by atoms with Gasteiger partial charge in [0.05, 0.1) is 17.1 Å². The summed E-state index contributed by atoms with van der Waals surface area (Å²) >= 11 is 5.90. The topological polar surface area (TPSA) is 83.9 Å². The minimum Gasteiger partial charge on any atom is -0.478 e. The Morgan fingerprint density at radius 3 is 2.61 bits per heavy atom. The van der Waals surface area contributed by atoms with Gasteiger partial charge in [-0.05, 0) is 43.4 Å². The highest BCUT2D eigenvalue weighted by Gasteiger charge is 2.40. The van der Waals surface area contributed by atoms with E-state index in [4.69, 9.17) is 21.4 Å². The number of benzene rings is 1. The fourth-order valence-corrected chi connectivity index (χ4v) is 4.89. The number of sulfonamides is 1. The highest BCUT2D eigenvalue weighted by atomic mass is 35.5. The van der Waals surface area contributed by atoms with Crippen molar-refractivity contribution in [1.29, 1.82) is 0 Å². The number of carbonyl (C=O) groups is 1. The fourth-order valence-electron chi connectivity index (χ4n) is 2.76. The number of halogens is 1. The minimum absolute atomic E-state index is 0.00661. The first-order valence-electron chi connectivity index (χ1n) is 7.51. The summed E-state index contributed by atoms with van der Waals surface area (Å²) in [4.78, 5) is 11.1. The second kappa shape index (κ2) is 6.39. The van der Waals surface area contributed by atoms with E-state index in [-0.39, 0.29) is 27.4 Å². The lowest BCUT2D eigenvalue weighted by Gasteiger charge is -2.24. The zero-order chi connectivity index (χ0) is 16.6. The Labute approximate surface area is 140 Å². The van der Waals surface area contributed by atoms with Crippen LogP contribution in [0.3, 0.4) is 0 Å². The molecule has 0 spiro atoms. The lowest BCUT2D eigenvalue weighted by Crippen LogP contribution is -2.37. The average molecular weight is 360 g/mol. The van der Waals surface area contributed by atoms with Crippen LogP contribution >= 0.6 is 11.6 Å². The molecule has 6 nitrogen and oxygen atoms in total. The van der Waals surface area contributed by atoms with E-state index in [2.05, 4.69) is 0 Å². The fraction of sp³-hybridized carbons (Fsp3) is 0.533. The Balaban J connectivity index is 1.93. The molecule has 1 saturated heterocycles. The predicted molar refractivity (Wildman–Crippen MR) is 84.3 cm³/mol. The molecule has 126 valence electrons. The van der Waals surface area contributed by atoms with Crippen LogP contribution in [0.2, 0.25) is 5.02 Å². The van der Waals surface area contributed by atoms with Crippen LogP contribution in [-0.4, -0.2) is 49.6 Å². The quantitative estimate of drug-likeness (QED) is 0.842. The highest BCUT2D eigenvalue weighted by molar-refractivity contribution is 7.89. The van der Waals surface area contributed by atoms with Gasteiger partial charge in [-0.25, -0.2) is 13.2 Å². The summed E-state index contributed by atoms with van der Waals surface area (Å²) in [6.07, 6.45) is 2.51. The SMILES string of the molecule is O=C(O)c1cc(Cl)cc(S(=O)(=O)N(CC2CCOC2)C2CC2)c1. The van der Waals surface area contributed by atoms with Crippen LogP contribution in [0.15, 0.2) is 23.1 Å². The molecule has 8 heteroatoms. The summed E-state index contributed by atoms with van der Waals surface area (Å²) in [6, 6.07) is 3.72. The summed E-state index contributed by atoms with van der Waals surface area (Å²) in [5, 5.41) is 9.21. The van der Waals surface area contributed by atoms with Crippen LogP contribution < -0.4 is 0 Å². The van der Waals surface area contributed by atoms with Crippen LogP contribution in [0.25, 0.3) is 0 Å². The Morgan fingerprint density at radius 2 is 2.04 bits per heavy atom. The number of ether oxygens (including phenoxy) is 1. The highest BCUT2D eigenvalue weighted by Crippen LogP contribution is 2.34. The van der Waals surface area contributed by atoms with Gasteiger partial charge in [0.15, 0.2) is 0 Å². The number of carboxylic acid groups (broad SMARTS) is 1. The molecule has 2 fully saturated rings. The van der Waals surface area contributed by atoms with Crippen molar-refractivity contribution in [3.8, 4) is 0 Å². The second-order valence-corrected chi connectivity index (χ2v) is 8.34. The number of hydrogen-bond donors (Lipinski definition) is 1. The van der Waals surface area contributed by atoms with Gasteiger partial charge in [0, 0.05) is 24.2 Å². The van der Waals surface area contributed by atoms with E-state index < -0.39 is 16.0 Å². The van der Waals surface area contributed by atoms with E-state index in [9.17, 15) is 13.2 Å². The van der Waals surface area contributed by atoms with Crippen LogP contribution in [0.4, 0.5) is 0 Å². The van der Waals surface area contributed by atoms with Crippen LogP contribution in [0.5, 0.6) is 0 Å². The summed E-state index contributed by atoms with van der Waals surface area (Å²) in [5.74, 6) is -1.02. The molecule has 1 N–H and O–H groups in total. The third-order valence-corrected chi connectivity index (χ3v) is 6.26. The van der Waals surface area contributed by atoms with Gasteiger partial charge in [-0.1, -0.05) is 11.6 Å². The number of rotatable bonds is 6. The number of nitrogens with zero attached hydrogens (tertiary/aromatic N) is 1. The molecule has 1 atom stereocenters. The third-order valence-electron chi connectivity index (χ3n) is 4.14. The summed E-state index contributed by atoms with van der Waals surface area (Å²) in [7, 11) is -3.77. The van der Waals surface area contributed by atoms with Crippen molar-refractivity contribution < 1.29 is 23.1 Å². The molecule has 0 aromatic heterocycles. The van der Waals surface area contributed by atoms with E-state index >= 15 is 0 Å². The molecule has 1 aliphatic carbocycles. The van der Waals surface area contributed by atoms with Gasteiger partial charge in [0.25, 0.3) is 0 Å². The average Bonchev–Trinajstić information content (AvgIpc) is 3.19. The summed E-state index contributed by atoms with van der Waals surface area (Å²) < 4.78 is 32.7. The third kappa shape index (κ3) is 3.68. The van der Waals surface area contributed by atoms with Crippen molar-refractivity contribution in [2.45, 2.75) is 30.2 Å². The smallest absolute Gasteiger partial charge is 0.335 e. The number of hydrogen-bond acceptors (Lipinski definition) is 4. The van der Waals surface area contributed by atoms with Gasteiger partial charge in [-0.15, -0.1) is 0 Å². The molecule has 2 aliphatic rings. The summed E-state index contributed by atoms with van der Waals surface area (Å²) in [5.41, 5.74) is -0.129. The molecule has 1 aromatic rings. The molecule has 3 rings (SSSR count). The van der Waals surface area contributed by atoms with Crippen molar-refractivity contribution in [1.82, 2.24) is 4.31 Å². The largest absolute Gasteiger partial charge is 0.478 e. The first kappa shape index (κ1) is 16.7. The van der Waals surface area contributed by atoms with E-state index in [1.807, 2.05) is 0 Å². The Bertz CT molecular complexity index is 711. The van der Waals surface area contributed by atoms with Gasteiger partial charge in [-0.2, -0.15) is 4.31 Å². The molecule has 1 aliphatic heterocycles. The lowest BCUT2D eigenvalue weighted by atomic mass is 10.1. The molecule has 1 heterocycles. The first-order valence-corrected chi connectivity index (χ1v) is 9.33. The predicted octanol–water partition coefficient (Wildman–Crippen LogP) is 2.23. The maximum absolute atomic E-state index is 13.0. The second-order valence-electron chi connectivity index (χ2n) is 6.02. The van der Waals surface area contributed by atoms with Crippen molar-refractivity contribution >= 4 is 27.6 Å². The van der Waals surface area contributed by atoms with Crippen molar-refractivity contribution in [3.05, 3.63) is 28.8 Å². The molecule has 0 radical (unpaired) electrons. The lowest BCUT2D eigenvalue weighted by molar-refractivity contribution is 0.0696. The zero-order valence-corrected chi connectivity index (χ0v) is 14.0. The number of aromatic carboxylic acids is 1. The molecule has 23 heavy (non-hydrogen) atoms. The van der Waals surface area contributed by atoms with E-state index in [0.29, 0.717) is 19.8 Å². The van der Waals surface area contributed by atoms with Gasteiger partial charge in [-0.3, -0.25) is 0 Å². The van der Waals surface area contributed by atoms with Gasteiger partial charge in [0.2, 0.25) is 10.0 Å². The molecule has 1 unspecified atom stereocenters. The van der Waals surface area contributed by atoms with Crippen LogP contribution in [0.1, 0.15) is 29.6 Å². The Morgan fingerprint density at radius 1 is 1.30 bits per heavy atom. The number of carboxylic acids is 1. The van der Waals surface area contributed by atoms with Crippen LogP contribution in [0, 0.1) is 5.92 Å². The molecule has 1 saturated carbocycles. The Kier molecular flexibility index (Phi) is 4.64.